The minimum Gasteiger partial charge on any atom is -0.300 e. The van der Waals surface area contributed by atoms with Gasteiger partial charge < -0.3 is 4.79 Å². The molecular weight excluding hydrogens is 232 g/mol. The molecule has 16 heavy (non-hydrogen) atoms. The van der Waals surface area contributed by atoms with Crippen LogP contribution >= 0.6 is 0 Å². The van der Waals surface area contributed by atoms with Gasteiger partial charge in [0.15, 0.2) is 0 Å². The Hall–Kier alpha value is -0.460. The van der Waals surface area contributed by atoms with E-state index in [0.29, 0.717) is 12.7 Å². The molecule has 0 amide bonds. The van der Waals surface area contributed by atoms with Crippen molar-refractivity contribution in [3.05, 3.63) is 0 Å². The number of unbranched alkanes of at least 4 members (excludes halogenated alkanes) is 3. The molecule has 0 fully saturated rings. The topological polar surface area (TPSA) is 69.7 Å². The molecule has 0 aliphatic carbocycles. The normalized spacial score (nSPS) is 13.6. The molecule has 0 aliphatic heterocycles. The predicted octanol–water partition coefficient (Wildman–Crippen LogP) is 1.82. The van der Waals surface area contributed by atoms with E-state index < -0.39 is 16.5 Å². The Morgan fingerprint density at radius 1 is 1.19 bits per heavy atom. The summed E-state index contributed by atoms with van der Waals surface area (Å²) >= 11 is 0. The van der Waals surface area contributed by atoms with Crippen molar-refractivity contribution in [1.82, 2.24) is 0 Å². The molecule has 5 nitrogen and oxygen atoms in total. The SMILES string of the molecule is CCCCCCC(C=O)OS(=O)(=O)OCC. The van der Waals surface area contributed by atoms with Gasteiger partial charge in [0.1, 0.15) is 12.4 Å². The first kappa shape index (κ1) is 15.5. The van der Waals surface area contributed by atoms with E-state index in [9.17, 15) is 13.2 Å². The third kappa shape index (κ3) is 7.78. The van der Waals surface area contributed by atoms with E-state index >= 15 is 0 Å². The van der Waals surface area contributed by atoms with Gasteiger partial charge in [-0.15, -0.1) is 0 Å². The lowest BCUT2D eigenvalue weighted by molar-refractivity contribution is -0.114. The maximum atomic E-state index is 11.1. The van der Waals surface area contributed by atoms with Crippen LogP contribution in [0.15, 0.2) is 0 Å². The molecule has 0 aromatic carbocycles. The van der Waals surface area contributed by atoms with E-state index in [1.165, 1.54) is 6.92 Å². The molecule has 0 saturated carbocycles. The maximum absolute atomic E-state index is 11.1. The standard InChI is InChI=1S/C10H20O5S/c1-3-5-6-7-8-10(9-11)15-16(12,13)14-4-2/h9-10H,3-8H2,1-2H3. The Labute approximate surface area is 97.5 Å². The second kappa shape index (κ2) is 8.66. The van der Waals surface area contributed by atoms with Crippen LogP contribution in [-0.4, -0.2) is 27.4 Å². The van der Waals surface area contributed by atoms with Crippen molar-refractivity contribution in [2.24, 2.45) is 0 Å². The molecule has 1 atom stereocenters. The van der Waals surface area contributed by atoms with Gasteiger partial charge in [-0.2, -0.15) is 8.42 Å². The third-order valence-corrected chi connectivity index (χ3v) is 3.00. The van der Waals surface area contributed by atoms with Crippen molar-refractivity contribution in [1.29, 1.82) is 0 Å². The zero-order valence-corrected chi connectivity index (χ0v) is 10.7. The highest BCUT2D eigenvalue weighted by molar-refractivity contribution is 7.81. The van der Waals surface area contributed by atoms with Crippen molar-refractivity contribution in [3.63, 3.8) is 0 Å². The zero-order chi connectivity index (χ0) is 12.4. The first-order chi connectivity index (χ1) is 7.55. The van der Waals surface area contributed by atoms with Crippen LogP contribution in [0.1, 0.15) is 46.0 Å². The first-order valence-electron chi connectivity index (χ1n) is 5.58. The smallest absolute Gasteiger partial charge is 0.300 e. The lowest BCUT2D eigenvalue weighted by atomic mass is 10.1. The molecule has 96 valence electrons. The number of hydrogen-bond acceptors (Lipinski definition) is 5. The molecule has 0 aromatic rings. The van der Waals surface area contributed by atoms with Crippen molar-refractivity contribution >= 4 is 16.7 Å². The van der Waals surface area contributed by atoms with E-state index in [4.69, 9.17) is 0 Å². The van der Waals surface area contributed by atoms with Gasteiger partial charge in [0, 0.05) is 0 Å². The van der Waals surface area contributed by atoms with E-state index in [-0.39, 0.29) is 6.61 Å². The van der Waals surface area contributed by atoms with Gasteiger partial charge in [-0.25, -0.2) is 8.37 Å². The van der Waals surface area contributed by atoms with Gasteiger partial charge in [-0.05, 0) is 13.3 Å². The summed E-state index contributed by atoms with van der Waals surface area (Å²) in [5.74, 6) is 0. The lowest BCUT2D eigenvalue weighted by Crippen LogP contribution is -2.21. The van der Waals surface area contributed by atoms with Gasteiger partial charge in [0.05, 0.1) is 6.61 Å². The summed E-state index contributed by atoms with van der Waals surface area (Å²) in [6.07, 6.45) is 3.90. The molecule has 0 aromatic heterocycles. The van der Waals surface area contributed by atoms with Crippen LogP contribution in [0.3, 0.4) is 0 Å². The Kier molecular flexibility index (Phi) is 8.42. The number of carbonyl (C=O) groups is 1. The Balaban J connectivity index is 3.95. The fraction of sp³-hybridized carbons (Fsp3) is 0.900. The highest BCUT2D eigenvalue weighted by Gasteiger charge is 2.18. The van der Waals surface area contributed by atoms with E-state index in [0.717, 1.165) is 25.7 Å². The summed E-state index contributed by atoms with van der Waals surface area (Å²) in [5, 5.41) is 0. The van der Waals surface area contributed by atoms with Crippen LogP contribution in [0.5, 0.6) is 0 Å². The molecule has 0 radical (unpaired) electrons. The fourth-order valence-electron chi connectivity index (χ4n) is 1.23. The molecule has 0 bridgehead atoms. The van der Waals surface area contributed by atoms with Crippen molar-refractivity contribution in [2.45, 2.75) is 52.1 Å². The fourth-order valence-corrected chi connectivity index (χ4v) is 2.02. The molecule has 1 unspecified atom stereocenters. The highest BCUT2D eigenvalue weighted by Crippen LogP contribution is 2.10. The predicted molar refractivity (Wildman–Crippen MR) is 60.2 cm³/mol. The molecule has 6 heteroatoms. The van der Waals surface area contributed by atoms with E-state index in [2.05, 4.69) is 15.3 Å². The molecule has 0 rings (SSSR count). The molecule has 0 aliphatic rings. The lowest BCUT2D eigenvalue weighted by Gasteiger charge is -2.10. The summed E-state index contributed by atoms with van der Waals surface area (Å²) < 4.78 is 31.1. The average molecular weight is 252 g/mol. The monoisotopic (exact) mass is 252 g/mol. The number of carbonyl (C=O) groups excluding carboxylic acids is 1. The van der Waals surface area contributed by atoms with Crippen LogP contribution < -0.4 is 0 Å². The summed E-state index contributed by atoms with van der Waals surface area (Å²) in [6, 6.07) is 0. The molecule has 0 saturated heterocycles. The highest BCUT2D eigenvalue weighted by atomic mass is 32.3. The number of hydrogen-bond donors (Lipinski definition) is 0. The van der Waals surface area contributed by atoms with E-state index in [1.54, 1.807) is 0 Å². The number of rotatable bonds is 10. The molecule has 0 heterocycles. The maximum Gasteiger partial charge on any atom is 0.400 e. The summed E-state index contributed by atoms with van der Waals surface area (Å²) in [5.41, 5.74) is 0. The summed E-state index contributed by atoms with van der Waals surface area (Å²) in [7, 11) is -4.02. The zero-order valence-electron chi connectivity index (χ0n) is 9.85. The van der Waals surface area contributed by atoms with E-state index in [1.807, 2.05) is 0 Å². The van der Waals surface area contributed by atoms with Crippen molar-refractivity contribution in [3.8, 4) is 0 Å². The number of aldehydes is 1. The van der Waals surface area contributed by atoms with Gasteiger partial charge >= 0.3 is 10.4 Å². The van der Waals surface area contributed by atoms with Gasteiger partial charge in [-0.1, -0.05) is 32.6 Å². The van der Waals surface area contributed by atoms with Crippen molar-refractivity contribution < 1.29 is 21.6 Å². The average Bonchev–Trinajstić information content (AvgIpc) is 2.22. The van der Waals surface area contributed by atoms with Crippen LogP contribution in [0.4, 0.5) is 0 Å². The van der Waals surface area contributed by atoms with Crippen LogP contribution in [0.25, 0.3) is 0 Å². The van der Waals surface area contributed by atoms with Crippen LogP contribution in [0.2, 0.25) is 0 Å². The van der Waals surface area contributed by atoms with Crippen LogP contribution in [-0.2, 0) is 23.6 Å². The summed E-state index contributed by atoms with van der Waals surface area (Å²) in [4.78, 5) is 10.6. The summed E-state index contributed by atoms with van der Waals surface area (Å²) in [6.45, 7) is 3.62. The Morgan fingerprint density at radius 2 is 1.88 bits per heavy atom. The first-order valence-corrected chi connectivity index (χ1v) is 6.92. The largest absolute Gasteiger partial charge is 0.400 e. The quantitative estimate of drug-likeness (QED) is 0.438. The second-order valence-electron chi connectivity index (χ2n) is 3.43. The van der Waals surface area contributed by atoms with Gasteiger partial charge in [0.2, 0.25) is 0 Å². The van der Waals surface area contributed by atoms with Gasteiger partial charge in [0.25, 0.3) is 0 Å². The van der Waals surface area contributed by atoms with Gasteiger partial charge in [-0.3, -0.25) is 0 Å². The Bertz CT molecular complexity index is 273. The van der Waals surface area contributed by atoms with Crippen LogP contribution in [0, 0.1) is 0 Å². The molecular formula is C10H20O5S. The second-order valence-corrected chi connectivity index (χ2v) is 4.68. The molecule has 0 spiro atoms. The third-order valence-electron chi connectivity index (χ3n) is 2.00. The minimum atomic E-state index is -4.02. The Morgan fingerprint density at radius 3 is 2.38 bits per heavy atom. The minimum absolute atomic E-state index is 0.00372. The molecule has 0 N–H and O–H groups in total. The van der Waals surface area contributed by atoms with Crippen molar-refractivity contribution in [2.75, 3.05) is 6.61 Å².